The van der Waals surface area contributed by atoms with E-state index in [0.717, 1.165) is 0 Å². The molecular formula is C11H12BrN3O5. The predicted octanol–water partition coefficient (Wildman–Crippen LogP) is 2.26. The van der Waals surface area contributed by atoms with Gasteiger partial charge in [-0.1, -0.05) is 0 Å². The van der Waals surface area contributed by atoms with E-state index in [1.807, 2.05) is 0 Å². The summed E-state index contributed by atoms with van der Waals surface area (Å²) in [6.45, 7) is 2.87. The van der Waals surface area contributed by atoms with Crippen LogP contribution in [-0.2, 0) is 4.79 Å². The van der Waals surface area contributed by atoms with Crippen LogP contribution in [0, 0.1) is 17.0 Å². The third-order valence-corrected chi connectivity index (χ3v) is 3.10. The van der Waals surface area contributed by atoms with Crippen molar-refractivity contribution in [1.82, 2.24) is 5.32 Å². The van der Waals surface area contributed by atoms with Crippen LogP contribution in [0.2, 0.25) is 0 Å². The second-order valence-electron chi connectivity index (χ2n) is 4.03. The highest BCUT2D eigenvalue weighted by Gasteiger charge is 2.18. The van der Waals surface area contributed by atoms with Crippen LogP contribution in [0.25, 0.3) is 0 Å². The first-order valence-electron chi connectivity index (χ1n) is 5.47. The number of carbonyl (C=O) groups excluding carboxylic acids is 1. The van der Waals surface area contributed by atoms with E-state index in [4.69, 9.17) is 5.11 Å². The van der Waals surface area contributed by atoms with E-state index in [9.17, 15) is 19.7 Å². The molecule has 108 valence electrons. The van der Waals surface area contributed by atoms with Gasteiger partial charge in [-0.2, -0.15) is 0 Å². The van der Waals surface area contributed by atoms with Gasteiger partial charge in [0, 0.05) is 16.1 Å². The fraction of sp³-hybridized carbons (Fsp3) is 0.273. The zero-order valence-corrected chi connectivity index (χ0v) is 12.2. The van der Waals surface area contributed by atoms with E-state index in [1.165, 1.54) is 19.1 Å². The van der Waals surface area contributed by atoms with Gasteiger partial charge in [0.15, 0.2) is 0 Å². The summed E-state index contributed by atoms with van der Waals surface area (Å²) in [6.07, 6.45) is 0. The molecule has 1 atom stereocenters. The second-order valence-corrected chi connectivity index (χ2v) is 4.89. The predicted molar refractivity (Wildman–Crippen MR) is 74.8 cm³/mol. The third kappa shape index (κ3) is 3.92. The van der Waals surface area contributed by atoms with Crippen molar-refractivity contribution in [1.29, 1.82) is 0 Å². The normalized spacial score (nSPS) is 11.6. The van der Waals surface area contributed by atoms with Crippen LogP contribution in [0.3, 0.4) is 0 Å². The lowest BCUT2D eigenvalue weighted by molar-refractivity contribution is -0.385. The molecule has 1 aromatic rings. The summed E-state index contributed by atoms with van der Waals surface area (Å²) in [5.41, 5.74) is 0.471. The van der Waals surface area contributed by atoms with Crippen molar-refractivity contribution in [2.24, 2.45) is 0 Å². The summed E-state index contributed by atoms with van der Waals surface area (Å²) in [5.74, 6) is -1.19. The zero-order chi connectivity index (χ0) is 15.4. The number of urea groups is 1. The number of halogens is 1. The lowest BCUT2D eigenvalue weighted by Gasteiger charge is -2.12. The van der Waals surface area contributed by atoms with Gasteiger partial charge in [0.2, 0.25) is 0 Å². The van der Waals surface area contributed by atoms with Gasteiger partial charge in [0.25, 0.3) is 5.69 Å². The Bertz CT molecular complexity index is 575. The highest BCUT2D eigenvalue weighted by atomic mass is 79.9. The van der Waals surface area contributed by atoms with Crippen LogP contribution in [0.4, 0.5) is 16.2 Å². The Morgan fingerprint density at radius 2 is 2.05 bits per heavy atom. The van der Waals surface area contributed by atoms with E-state index < -0.39 is 23.0 Å². The lowest BCUT2D eigenvalue weighted by Crippen LogP contribution is -2.40. The number of nitrogens with zero attached hydrogens (tertiary/aromatic N) is 1. The number of carbonyl (C=O) groups is 2. The number of nitro benzene ring substituents is 1. The number of anilines is 1. The van der Waals surface area contributed by atoms with Crippen molar-refractivity contribution in [2.45, 2.75) is 19.9 Å². The molecule has 0 aliphatic rings. The van der Waals surface area contributed by atoms with Crippen LogP contribution in [0.15, 0.2) is 16.6 Å². The fourth-order valence-corrected chi connectivity index (χ4v) is 1.93. The van der Waals surface area contributed by atoms with Crippen LogP contribution < -0.4 is 10.6 Å². The maximum absolute atomic E-state index is 11.6. The lowest BCUT2D eigenvalue weighted by atomic mass is 10.2. The molecule has 0 bridgehead atoms. The summed E-state index contributed by atoms with van der Waals surface area (Å²) >= 11 is 3.17. The van der Waals surface area contributed by atoms with E-state index in [-0.39, 0.29) is 11.4 Å². The summed E-state index contributed by atoms with van der Waals surface area (Å²) in [6, 6.07) is 0.853. The van der Waals surface area contributed by atoms with Gasteiger partial charge in [0.05, 0.1) is 10.6 Å². The first-order chi connectivity index (χ1) is 9.22. The molecule has 0 saturated heterocycles. The molecule has 2 amide bonds. The summed E-state index contributed by atoms with van der Waals surface area (Å²) in [7, 11) is 0. The minimum Gasteiger partial charge on any atom is -0.480 e. The number of amides is 2. The van der Waals surface area contributed by atoms with Gasteiger partial charge in [-0.05, 0) is 35.8 Å². The van der Waals surface area contributed by atoms with Crippen LogP contribution in [0.1, 0.15) is 12.5 Å². The number of carboxylic acid groups (broad SMARTS) is 1. The number of nitrogens with one attached hydrogen (secondary N) is 2. The first-order valence-corrected chi connectivity index (χ1v) is 6.26. The largest absolute Gasteiger partial charge is 0.480 e. The number of aliphatic carboxylic acids is 1. The number of hydrogen-bond donors (Lipinski definition) is 3. The smallest absolute Gasteiger partial charge is 0.325 e. The van der Waals surface area contributed by atoms with Gasteiger partial charge in [-0.3, -0.25) is 14.9 Å². The number of hydrogen-bond acceptors (Lipinski definition) is 4. The monoisotopic (exact) mass is 345 g/mol. The van der Waals surface area contributed by atoms with Gasteiger partial charge < -0.3 is 15.7 Å². The summed E-state index contributed by atoms with van der Waals surface area (Å²) in [5, 5.41) is 24.0. The Balaban J connectivity index is 2.92. The highest BCUT2D eigenvalue weighted by molar-refractivity contribution is 9.10. The Morgan fingerprint density at radius 3 is 2.55 bits per heavy atom. The quantitative estimate of drug-likeness (QED) is 0.570. The summed E-state index contributed by atoms with van der Waals surface area (Å²) in [4.78, 5) is 32.4. The number of nitro groups is 1. The van der Waals surface area contributed by atoms with Crippen molar-refractivity contribution < 1.29 is 19.6 Å². The average molecular weight is 346 g/mol. The van der Waals surface area contributed by atoms with Crippen molar-refractivity contribution in [3.8, 4) is 0 Å². The Labute approximate surface area is 122 Å². The van der Waals surface area contributed by atoms with E-state index in [2.05, 4.69) is 26.6 Å². The molecule has 3 N–H and O–H groups in total. The van der Waals surface area contributed by atoms with Crippen molar-refractivity contribution in [3.63, 3.8) is 0 Å². The minimum absolute atomic E-state index is 0.144. The average Bonchev–Trinajstić information content (AvgIpc) is 2.31. The Morgan fingerprint density at radius 1 is 1.45 bits per heavy atom. The molecule has 0 aromatic heterocycles. The minimum atomic E-state index is -1.19. The molecule has 0 spiro atoms. The maximum Gasteiger partial charge on any atom is 0.325 e. The third-order valence-electron chi connectivity index (χ3n) is 2.45. The standard InChI is InChI=1S/C11H12BrN3O5/c1-5-3-7(12)8(4-9(5)15(19)20)14-11(18)13-6(2)10(16)17/h3-4,6H,1-2H3,(H,16,17)(H2,13,14,18)/t6-/m0/s1. The molecule has 0 radical (unpaired) electrons. The molecule has 0 aliphatic carbocycles. The Kier molecular flexibility index (Phi) is 5.03. The van der Waals surface area contributed by atoms with E-state index in [1.54, 1.807) is 6.92 Å². The molecular weight excluding hydrogens is 334 g/mol. The van der Waals surface area contributed by atoms with Crippen molar-refractivity contribution in [3.05, 3.63) is 32.3 Å². The van der Waals surface area contributed by atoms with Crippen molar-refractivity contribution in [2.75, 3.05) is 5.32 Å². The molecule has 0 unspecified atom stereocenters. The molecule has 0 aliphatic heterocycles. The van der Waals surface area contributed by atoms with Crippen molar-refractivity contribution >= 4 is 39.3 Å². The molecule has 20 heavy (non-hydrogen) atoms. The van der Waals surface area contributed by atoms with Crippen LogP contribution in [-0.4, -0.2) is 28.1 Å². The molecule has 1 rings (SSSR count). The number of aryl methyl sites for hydroxylation is 1. The number of rotatable bonds is 4. The zero-order valence-electron chi connectivity index (χ0n) is 10.6. The molecule has 0 fully saturated rings. The Hall–Kier alpha value is -2.16. The fourth-order valence-electron chi connectivity index (χ4n) is 1.37. The van der Waals surface area contributed by atoms with Gasteiger partial charge >= 0.3 is 12.0 Å². The molecule has 0 saturated carbocycles. The number of carboxylic acids is 1. The second kappa shape index (κ2) is 6.33. The van der Waals surface area contributed by atoms with E-state index >= 15 is 0 Å². The summed E-state index contributed by atoms with van der Waals surface area (Å²) < 4.78 is 0.457. The number of benzene rings is 1. The molecule has 0 heterocycles. The molecule has 1 aromatic carbocycles. The van der Waals surface area contributed by atoms with Gasteiger partial charge in [-0.15, -0.1) is 0 Å². The van der Waals surface area contributed by atoms with Crippen LogP contribution in [0.5, 0.6) is 0 Å². The molecule has 8 nitrogen and oxygen atoms in total. The SMILES string of the molecule is Cc1cc(Br)c(NC(=O)N[C@@H](C)C(=O)O)cc1[N+](=O)[O-]. The van der Waals surface area contributed by atoms with Crippen LogP contribution >= 0.6 is 15.9 Å². The highest BCUT2D eigenvalue weighted by Crippen LogP contribution is 2.30. The van der Waals surface area contributed by atoms with Gasteiger partial charge in [-0.25, -0.2) is 4.79 Å². The first kappa shape index (κ1) is 15.9. The van der Waals surface area contributed by atoms with Gasteiger partial charge in [0.1, 0.15) is 6.04 Å². The maximum atomic E-state index is 11.6. The topological polar surface area (TPSA) is 122 Å². The molecule has 9 heteroatoms. The van der Waals surface area contributed by atoms with E-state index in [0.29, 0.717) is 10.0 Å².